The number of nitrogens with zero attached hydrogens (tertiary/aromatic N) is 1. The molecule has 7 nitrogen and oxygen atoms in total. The van der Waals surface area contributed by atoms with Gasteiger partial charge in [-0.15, -0.1) is 0 Å². The predicted molar refractivity (Wildman–Crippen MR) is 93.2 cm³/mol. The maximum absolute atomic E-state index is 13.0. The third-order valence-corrected chi connectivity index (χ3v) is 6.57. The first kappa shape index (κ1) is 22.4. The number of benzene rings is 1. The van der Waals surface area contributed by atoms with Gasteiger partial charge in [0.15, 0.2) is 0 Å². The molecule has 0 aromatic heterocycles. The lowest BCUT2D eigenvalue weighted by Gasteiger charge is -2.30. The number of carbonyl (C=O) groups is 2. The molecule has 1 aliphatic rings. The Hall–Kier alpha value is -1.85. The first-order valence-corrected chi connectivity index (χ1v) is 10.1. The van der Waals surface area contributed by atoms with Gasteiger partial charge in [-0.1, -0.05) is 11.6 Å². The van der Waals surface area contributed by atoms with Crippen molar-refractivity contribution in [3.8, 4) is 0 Å². The summed E-state index contributed by atoms with van der Waals surface area (Å²) in [5.74, 6) is -1.91. The first-order chi connectivity index (χ1) is 12.9. The van der Waals surface area contributed by atoms with Crippen LogP contribution < -0.4 is 5.32 Å². The molecule has 2 rings (SSSR count). The van der Waals surface area contributed by atoms with Crippen molar-refractivity contribution in [1.82, 2.24) is 9.62 Å². The highest BCUT2D eigenvalue weighted by molar-refractivity contribution is 7.89. The van der Waals surface area contributed by atoms with Crippen molar-refractivity contribution in [3.63, 3.8) is 0 Å². The summed E-state index contributed by atoms with van der Waals surface area (Å²) >= 11 is 5.52. The molecule has 1 aliphatic heterocycles. The number of alkyl halides is 3. The fraction of sp³-hybridized carbons (Fsp3) is 0.500. The molecule has 156 valence electrons. The molecular formula is C16H18ClF3N2O5S. The number of hydrogen-bond donors (Lipinski definition) is 2. The van der Waals surface area contributed by atoms with E-state index in [0.717, 1.165) is 16.4 Å². The van der Waals surface area contributed by atoms with E-state index in [9.17, 15) is 31.2 Å². The molecule has 0 saturated carbocycles. The highest BCUT2D eigenvalue weighted by Gasteiger charge is 2.37. The number of hydrogen-bond acceptors (Lipinski definition) is 4. The Bertz CT molecular complexity index is 852. The molecule has 28 heavy (non-hydrogen) atoms. The Labute approximate surface area is 164 Å². The van der Waals surface area contributed by atoms with Gasteiger partial charge in [-0.05, 0) is 31.0 Å². The number of piperidine rings is 1. The Morgan fingerprint density at radius 3 is 2.39 bits per heavy atom. The summed E-state index contributed by atoms with van der Waals surface area (Å²) in [6, 6.07) is 2.40. The van der Waals surface area contributed by atoms with E-state index >= 15 is 0 Å². The molecule has 0 radical (unpaired) electrons. The average molecular weight is 443 g/mol. The molecule has 2 N–H and O–H groups in total. The summed E-state index contributed by atoms with van der Waals surface area (Å²) in [6.45, 7) is -0.107. The molecule has 0 unspecified atom stereocenters. The molecule has 1 heterocycles. The normalized spacial score (nSPS) is 16.7. The fourth-order valence-electron chi connectivity index (χ4n) is 2.83. The molecule has 0 spiro atoms. The molecular weight excluding hydrogens is 425 g/mol. The Kier molecular flexibility index (Phi) is 6.94. The number of carbonyl (C=O) groups excluding carboxylic acids is 1. The van der Waals surface area contributed by atoms with Crippen molar-refractivity contribution < 1.29 is 36.3 Å². The predicted octanol–water partition coefficient (Wildman–Crippen LogP) is 2.35. The monoisotopic (exact) mass is 442 g/mol. The Morgan fingerprint density at radius 1 is 1.25 bits per heavy atom. The summed E-state index contributed by atoms with van der Waals surface area (Å²) in [5.41, 5.74) is -1.23. The van der Waals surface area contributed by atoms with Crippen molar-refractivity contribution in [2.75, 3.05) is 19.6 Å². The standard InChI is InChI=1S/C16H18ClF3N2O5S/c17-13-2-1-11(9-12(13)16(18,19)20)28(26,27)22-7-4-10(5-8-22)15(25)21-6-3-14(23)24/h1-2,9-10H,3-8H2,(H,21,25)(H,23,24). The molecule has 1 amide bonds. The molecule has 1 fully saturated rings. The van der Waals surface area contributed by atoms with Crippen LogP contribution in [-0.2, 0) is 25.8 Å². The SMILES string of the molecule is O=C(O)CCNC(=O)C1CCN(S(=O)(=O)c2ccc(Cl)c(C(F)(F)F)c2)CC1. The molecule has 1 aromatic rings. The van der Waals surface area contributed by atoms with Crippen LogP contribution in [0.4, 0.5) is 13.2 Å². The number of halogens is 4. The molecule has 12 heteroatoms. The average Bonchev–Trinajstić information content (AvgIpc) is 2.60. The second kappa shape index (κ2) is 8.66. The number of amides is 1. The van der Waals surface area contributed by atoms with E-state index in [1.807, 2.05) is 0 Å². The number of sulfonamides is 1. The Morgan fingerprint density at radius 2 is 1.86 bits per heavy atom. The quantitative estimate of drug-likeness (QED) is 0.703. The van der Waals surface area contributed by atoms with E-state index in [1.54, 1.807) is 0 Å². The van der Waals surface area contributed by atoms with Gasteiger partial charge in [-0.3, -0.25) is 9.59 Å². The molecule has 0 atom stereocenters. The van der Waals surface area contributed by atoms with Gasteiger partial charge in [0.25, 0.3) is 0 Å². The van der Waals surface area contributed by atoms with Crippen LogP contribution in [0.25, 0.3) is 0 Å². The maximum atomic E-state index is 13.0. The van der Waals surface area contributed by atoms with Crippen LogP contribution >= 0.6 is 11.6 Å². The lowest BCUT2D eigenvalue weighted by Crippen LogP contribution is -2.43. The van der Waals surface area contributed by atoms with Crippen LogP contribution in [0.15, 0.2) is 23.1 Å². The van der Waals surface area contributed by atoms with E-state index in [2.05, 4.69) is 5.32 Å². The first-order valence-electron chi connectivity index (χ1n) is 8.29. The third-order valence-electron chi connectivity index (χ3n) is 4.34. The third kappa shape index (κ3) is 5.36. The van der Waals surface area contributed by atoms with Gasteiger partial charge in [0, 0.05) is 25.6 Å². The Balaban J connectivity index is 2.05. The number of aliphatic carboxylic acids is 1. The highest BCUT2D eigenvalue weighted by atomic mass is 35.5. The van der Waals surface area contributed by atoms with Crippen LogP contribution in [-0.4, -0.2) is 49.3 Å². The minimum absolute atomic E-state index is 0.0301. The topological polar surface area (TPSA) is 104 Å². The van der Waals surface area contributed by atoms with E-state index in [1.165, 1.54) is 0 Å². The number of nitrogens with one attached hydrogen (secondary N) is 1. The molecule has 1 aromatic carbocycles. The summed E-state index contributed by atoms with van der Waals surface area (Å²) in [6.07, 6.45) is -4.66. The summed E-state index contributed by atoms with van der Waals surface area (Å²) < 4.78 is 65.3. The smallest absolute Gasteiger partial charge is 0.417 e. The van der Waals surface area contributed by atoms with Crippen LogP contribution in [0.3, 0.4) is 0 Å². The van der Waals surface area contributed by atoms with Crippen molar-refractivity contribution >= 4 is 33.5 Å². The maximum Gasteiger partial charge on any atom is 0.417 e. The minimum atomic E-state index is -4.79. The summed E-state index contributed by atoms with van der Waals surface area (Å²) in [7, 11) is -4.17. The second-order valence-electron chi connectivity index (χ2n) is 6.25. The fourth-order valence-corrected chi connectivity index (χ4v) is 4.55. The number of carboxylic acid groups (broad SMARTS) is 1. The zero-order valence-electron chi connectivity index (χ0n) is 14.5. The lowest BCUT2D eigenvalue weighted by atomic mass is 9.97. The van der Waals surface area contributed by atoms with E-state index < -0.39 is 43.6 Å². The molecule has 0 bridgehead atoms. The highest BCUT2D eigenvalue weighted by Crippen LogP contribution is 2.36. The zero-order valence-corrected chi connectivity index (χ0v) is 16.1. The molecule has 0 aliphatic carbocycles. The van der Waals surface area contributed by atoms with E-state index in [4.69, 9.17) is 16.7 Å². The van der Waals surface area contributed by atoms with Crippen LogP contribution in [0, 0.1) is 5.92 Å². The van der Waals surface area contributed by atoms with E-state index in [-0.39, 0.29) is 44.8 Å². The summed E-state index contributed by atoms with van der Waals surface area (Å²) in [4.78, 5) is 21.9. The number of carboxylic acids is 1. The van der Waals surface area contributed by atoms with Crippen LogP contribution in [0.5, 0.6) is 0 Å². The van der Waals surface area contributed by atoms with Gasteiger partial charge in [0.1, 0.15) is 0 Å². The van der Waals surface area contributed by atoms with Gasteiger partial charge < -0.3 is 10.4 Å². The van der Waals surface area contributed by atoms with Crippen molar-refractivity contribution in [2.45, 2.75) is 30.3 Å². The van der Waals surface area contributed by atoms with Gasteiger partial charge in [-0.2, -0.15) is 17.5 Å². The van der Waals surface area contributed by atoms with Crippen molar-refractivity contribution in [1.29, 1.82) is 0 Å². The summed E-state index contributed by atoms with van der Waals surface area (Å²) in [5, 5.41) is 10.4. The van der Waals surface area contributed by atoms with Gasteiger partial charge in [-0.25, -0.2) is 8.42 Å². The van der Waals surface area contributed by atoms with Gasteiger partial charge in [0.05, 0.1) is 21.9 Å². The van der Waals surface area contributed by atoms with Crippen LogP contribution in [0.2, 0.25) is 5.02 Å². The number of rotatable bonds is 6. The second-order valence-corrected chi connectivity index (χ2v) is 8.60. The van der Waals surface area contributed by atoms with E-state index in [0.29, 0.717) is 6.07 Å². The van der Waals surface area contributed by atoms with Gasteiger partial charge >= 0.3 is 12.1 Å². The largest absolute Gasteiger partial charge is 0.481 e. The van der Waals surface area contributed by atoms with Crippen molar-refractivity contribution in [3.05, 3.63) is 28.8 Å². The lowest BCUT2D eigenvalue weighted by molar-refractivity contribution is -0.138. The molecule has 1 saturated heterocycles. The minimum Gasteiger partial charge on any atom is -0.481 e. The van der Waals surface area contributed by atoms with Crippen LogP contribution in [0.1, 0.15) is 24.8 Å². The van der Waals surface area contributed by atoms with Gasteiger partial charge in [0.2, 0.25) is 15.9 Å². The zero-order chi connectivity index (χ0) is 21.1. The van der Waals surface area contributed by atoms with Crippen molar-refractivity contribution in [2.24, 2.45) is 5.92 Å².